The number of halogens is 3. The fraction of sp³-hybridized carbons (Fsp3) is 0.333. The first kappa shape index (κ1) is 20.3. The van der Waals surface area contributed by atoms with Crippen molar-refractivity contribution in [2.24, 2.45) is 0 Å². The van der Waals surface area contributed by atoms with Gasteiger partial charge in [0.1, 0.15) is 0 Å². The van der Waals surface area contributed by atoms with Crippen molar-refractivity contribution in [1.82, 2.24) is 4.90 Å². The average molecular weight is 395 g/mol. The van der Waals surface area contributed by atoms with E-state index >= 15 is 0 Å². The Bertz CT molecular complexity index is 557. The number of rotatable bonds is 6. The van der Waals surface area contributed by atoms with Gasteiger partial charge in [-0.3, -0.25) is 9.59 Å². The fourth-order valence-corrected chi connectivity index (χ4v) is 2.08. The van der Waals surface area contributed by atoms with Crippen LogP contribution in [-0.2, 0) is 9.59 Å². The molecule has 0 radical (unpaired) electrons. The zero-order chi connectivity index (χ0) is 15.3. The van der Waals surface area contributed by atoms with Gasteiger partial charge < -0.3 is 4.90 Å². The molecule has 0 unspecified atom stereocenters. The summed E-state index contributed by atoms with van der Waals surface area (Å²) >= 11 is 11.9. The Morgan fingerprint density at radius 2 is 1.86 bits per heavy atom. The van der Waals surface area contributed by atoms with Crippen LogP contribution >= 0.6 is 40.2 Å². The Balaban J connectivity index is 0.00000400. The van der Waals surface area contributed by atoms with Gasteiger partial charge in [0.2, 0.25) is 0 Å². The molecule has 0 saturated heterocycles. The number of carbonyl (C=O) groups is 2. The first-order chi connectivity index (χ1) is 9.31. The van der Waals surface area contributed by atoms with E-state index in [1.54, 1.807) is 18.2 Å². The van der Waals surface area contributed by atoms with Gasteiger partial charge in [0.25, 0.3) is 0 Å². The summed E-state index contributed by atoms with van der Waals surface area (Å²) in [5.74, 6) is -0.447. The standard InChI is InChI=1S/C15H17Cl2NO2.BrH/c1-10(19)13(15(20)6-7-18(2)3)8-11-4-5-12(16)9-14(11)17;/h4-5,8-9H,6-7H2,1-3H3;1H/b13-8+;. The largest absolute Gasteiger partial charge is 0.309 e. The minimum absolute atomic E-state index is 0. The highest BCUT2D eigenvalue weighted by atomic mass is 79.9. The molecule has 0 aromatic heterocycles. The second kappa shape index (κ2) is 9.36. The van der Waals surface area contributed by atoms with E-state index in [1.807, 2.05) is 19.0 Å². The van der Waals surface area contributed by atoms with E-state index in [0.29, 0.717) is 28.6 Å². The highest BCUT2D eigenvalue weighted by Crippen LogP contribution is 2.23. The highest BCUT2D eigenvalue weighted by molar-refractivity contribution is 8.93. The lowest BCUT2D eigenvalue weighted by molar-refractivity contribution is -0.120. The molecule has 21 heavy (non-hydrogen) atoms. The van der Waals surface area contributed by atoms with Gasteiger partial charge in [-0.1, -0.05) is 29.3 Å². The van der Waals surface area contributed by atoms with Gasteiger partial charge in [0.05, 0.1) is 5.57 Å². The molecule has 116 valence electrons. The van der Waals surface area contributed by atoms with E-state index in [2.05, 4.69) is 0 Å². The van der Waals surface area contributed by atoms with Crippen LogP contribution in [0.1, 0.15) is 18.9 Å². The van der Waals surface area contributed by atoms with Gasteiger partial charge >= 0.3 is 0 Å². The Kier molecular flexibility index (Phi) is 9.06. The van der Waals surface area contributed by atoms with Crippen molar-refractivity contribution in [3.05, 3.63) is 39.4 Å². The predicted octanol–water partition coefficient (Wildman–Crippen LogP) is 4.06. The molecule has 0 heterocycles. The number of benzene rings is 1. The fourth-order valence-electron chi connectivity index (χ4n) is 1.61. The number of allylic oxidation sites excluding steroid dienone is 1. The zero-order valence-electron chi connectivity index (χ0n) is 12.2. The molecule has 0 aliphatic heterocycles. The molecular formula is C15H18BrCl2NO2. The minimum atomic E-state index is -0.264. The number of Topliss-reactive ketones (excluding diaryl/α,β-unsaturated/α-hetero) is 2. The zero-order valence-corrected chi connectivity index (χ0v) is 15.4. The summed E-state index contributed by atoms with van der Waals surface area (Å²) in [7, 11) is 3.75. The molecule has 1 aromatic rings. The molecule has 0 saturated carbocycles. The number of carbonyl (C=O) groups excluding carboxylic acids is 2. The SMILES string of the molecule is Br.CC(=O)/C(=C\c1ccc(Cl)cc1Cl)C(=O)CCN(C)C. The van der Waals surface area contributed by atoms with E-state index in [1.165, 1.54) is 13.0 Å². The van der Waals surface area contributed by atoms with E-state index < -0.39 is 0 Å². The quantitative estimate of drug-likeness (QED) is 0.414. The van der Waals surface area contributed by atoms with Crippen LogP contribution in [-0.4, -0.2) is 37.1 Å². The number of hydrogen-bond acceptors (Lipinski definition) is 3. The lowest BCUT2D eigenvalue weighted by Gasteiger charge is -2.09. The van der Waals surface area contributed by atoms with Crippen LogP contribution in [0, 0.1) is 0 Å². The summed E-state index contributed by atoms with van der Waals surface area (Å²) < 4.78 is 0. The maximum absolute atomic E-state index is 12.1. The molecule has 0 amide bonds. The molecule has 1 aromatic carbocycles. The van der Waals surface area contributed by atoms with Crippen LogP contribution < -0.4 is 0 Å². The molecule has 0 N–H and O–H groups in total. The van der Waals surface area contributed by atoms with E-state index in [4.69, 9.17) is 23.2 Å². The van der Waals surface area contributed by atoms with Gasteiger partial charge in [-0.05, 0) is 44.8 Å². The molecule has 3 nitrogen and oxygen atoms in total. The van der Waals surface area contributed by atoms with Crippen molar-refractivity contribution in [2.75, 3.05) is 20.6 Å². The monoisotopic (exact) mass is 393 g/mol. The van der Waals surface area contributed by atoms with Crippen LogP contribution in [0.15, 0.2) is 23.8 Å². The summed E-state index contributed by atoms with van der Waals surface area (Å²) in [5, 5.41) is 0.923. The second-order valence-electron chi connectivity index (χ2n) is 4.76. The van der Waals surface area contributed by atoms with Crippen LogP contribution in [0.4, 0.5) is 0 Å². The Labute approximate surface area is 145 Å². The molecule has 0 aliphatic rings. The maximum atomic E-state index is 12.1. The summed E-state index contributed by atoms with van der Waals surface area (Å²) in [5.41, 5.74) is 0.774. The minimum Gasteiger partial charge on any atom is -0.309 e. The van der Waals surface area contributed by atoms with Crippen molar-refractivity contribution >= 4 is 57.8 Å². The number of ketones is 2. The van der Waals surface area contributed by atoms with Crippen molar-refractivity contribution in [2.45, 2.75) is 13.3 Å². The third kappa shape index (κ3) is 6.74. The average Bonchev–Trinajstić information content (AvgIpc) is 2.34. The summed E-state index contributed by atoms with van der Waals surface area (Å²) in [6.45, 7) is 1.97. The lowest BCUT2D eigenvalue weighted by atomic mass is 10.0. The third-order valence-electron chi connectivity index (χ3n) is 2.73. The molecule has 0 aliphatic carbocycles. The molecule has 6 heteroatoms. The van der Waals surface area contributed by atoms with Crippen LogP contribution in [0.5, 0.6) is 0 Å². The van der Waals surface area contributed by atoms with Crippen molar-refractivity contribution in [1.29, 1.82) is 0 Å². The van der Waals surface area contributed by atoms with Gasteiger partial charge in [0, 0.05) is 23.0 Å². The molecule has 0 spiro atoms. The first-order valence-corrected chi connectivity index (χ1v) is 6.92. The normalized spacial score (nSPS) is 11.2. The Hall–Kier alpha value is -0.680. The van der Waals surface area contributed by atoms with Gasteiger partial charge in [0.15, 0.2) is 11.6 Å². The molecule has 1 rings (SSSR count). The van der Waals surface area contributed by atoms with Gasteiger partial charge in [-0.2, -0.15) is 0 Å². The smallest absolute Gasteiger partial charge is 0.167 e. The topological polar surface area (TPSA) is 37.4 Å². The third-order valence-corrected chi connectivity index (χ3v) is 3.29. The summed E-state index contributed by atoms with van der Waals surface area (Å²) in [6.07, 6.45) is 1.82. The summed E-state index contributed by atoms with van der Waals surface area (Å²) in [4.78, 5) is 25.6. The van der Waals surface area contributed by atoms with E-state index in [9.17, 15) is 9.59 Å². The molecule has 0 bridgehead atoms. The molecule has 0 fully saturated rings. The highest BCUT2D eigenvalue weighted by Gasteiger charge is 2.15. The van der Waals surface area contributed by atoms with Crippen molar-refractivity contribution < 1.29 is 9.59 Å². The second-order valence-corrected chi connectivity index (χ2v) is 5.60. The molecule has 0 atom stereocenters. The summed E-state index contributed by atoms with van der Waals surface area (Å²) in [6, 6.07) is 4.94. The maximum Gasteiger partial charge on any atom is 0.167 e. The van der Waals surface area contributed by atoms with Gasteiger partial charge in [-0.25, -0.2) is 0 Å². The van der Waals surface area contributed by atoms with Crippen LogP contribution in [0.25, 0.3) is 6.08 Å². The van der Waals surface area contributed by atoms with Gasteiger partial charge in [-0.15, -0.1) is 17.0 Å². The number of hydrogen-bond donors (Lipinski definition) is 0. The van der Waals surface area contributed by atoms with Crippen LogP contribution in [0.3, 0.4) is 0 Å². The van der Waals surface area contributed by atoms with Crippen molar-refractivity contribution in [3.63, 3.8) is 0 Å². The first-order valence-electron chi connectivity index (χ1n) is 6.17. The molecular weight excluding hydrogens is 377 g/mol. The van der Waals surface area contributed by atoms with E-state index in [-0.39, 0.29) is 34.1 Å². The predicted molar refractivity (Wildman–Crippen MR) is 93.6 cm³/mol. The van der Waals surface area contributed by atoms with E-state index in [0.717, 1.165) is 0 Å². The van der Waals surface area contributed by atoms with Crippen molar-refractivity contribution in [3.8, 4) is 0 Å². The van der Waals surface area contributed by atoms with Crippen LogP contribution in [0.2, 0.25) is 10.0 Å². The number of nitrogens with zero attached hydrogens (tertiary/aromatic N) is 1. The Morgan fingerprint density at radius 3 is 2.33 bits per heavy atom. The Morgan fingerprint density at radius 1 is 1.24 bits per heavy atom. The lowest BCUT2D eigenvalue weighted by Crippen LogP contribution is -2.19.